The molecule has 3 unspecified atom stereocenters. The van der Waals surface area contributed by atoms with Crippen LogP contribution in [0.2, 0.25) is 12.6 Å². The molecule has 15 heavy (non-hydrogen) atoms. The fourth-order valence-corrected chi connectivity index (χ4v) is 6.21. The molecule has 0 radical (unpaired) electrons. The molecule has 1 saturated heterocycles. The van der Waals surface area contributed by atoms with Gasteiger partial charge < -0.3 is 9.16 Å². The minimum Gasteiger partial charge on any atom is -0.463 e. The zero-order chi connectivity index (χ0) is 11.5. The molecule has 1 heterocycles. The first-order valence-corrected chi connectivity index (χ1v) is 8.52. The molecule has 1 aliphatic rings. The third kappa shape index (κ3) is 3.31. The van der Waals surface area contributed by atoms with Gasteiger partial charge in [0.15, 0.2) is 0 Å². The van der Waals surface area contributed by atoms with Crippen LogP contribution in [0.25, 0.3) is 0 Å². The van der Waals surface area contributed by atoms with Crippen molar-refractivity contribution in [2.75, 3.05) is 0 Å². The first kappa shape index (κ1) is 12.7. The zero-order valence-electron chi connectivity index (χ0n) is 10.2. The summed E-state index contributed by atoms with van der Waals surface area (Å²) >= 11 is 0. The van der Waals surface area contributed by atoms with Gasteiger partial charge in [-0.2, -0.15) is 0 Å². The number of hydrogen-bond donors (Lipinski definition) is 0. The van der Waals surface area contributed by atoms with Crippen LogP contribution < -0.4 is 0 Å². The van der Waals surface area contributed by atoms with Gasteiger partial charge in [-0.05, 0) is 32.4 Å². The van der Waals surface area contributed by atoms with Crippen LogP contribution in [-0.2, 0) is 14.0 Å². The lowest BCUT2D eigenvalue weighted by atomic mass is 10.2. The van der Waals surface area contributed by atoms with Crippen molar-refractivity contribution in [2.24, 2.45) is 0 Å². The van der Waals surface area contributed by atoms with E-state index in [1.165, 1.54) is 13.3 Å². The second kappa shape index (κ2) is 5.12. The van der Waals surface area contributed by atoms with Crippen molar-refractivity contribution in [1.29, 1.82) is 0 Å². The highest BCUT2D eigenvalue weighted by atomic mass is 28.4. The molecule has 3 atom stereocenters. The molecule has 0 aromatic heterocycles. The first-order chi connectivity index (χ1) is 6.98. The molecule has 0 bridgehead atoms. The lowest BCUT2D eigenvalue weighted by Gasteiger charge is -2.40. The first-order valence-electron chi connectivity index (χ1n) is 5.83. The topological polar surface area (TPSA) is 35.5 Å². The van der Waals surface area contributed by atoms with Gasteiger partial charge in [0.25, 0.3) is 0 Å². The molecule has 4 heteroatoms. The van der Waals surface area contributed by atoms with Crippen molar-refractivity contribution >= 4 is 14.3 Å². The second-order valence-electron chi connectivity index (χ2n) is 4.64. The molecule has 1 fully saturated rings. The number of rotatable bonds is 3. The third-order valence-electron chi connectivity index (χ3n) is 3.11. The summed E-state index contributed by atoms with van der Waals surface area (Å²) in [6.07, 6.45) is 3.55. The van der Waals surface area contributed by atoms with Crippen LogP contribution >= 0.6 is 0 Å². The van der Waals surface area contributed by atoms with E-state index in [0.29, 0.717) is 6.10 Å². The average Bonchev–Trinajstić information content (AvgIpc) is 2.13. The summed E-state index contributed by atoms with van der Waals surface area (Å²) in [6, 6.07) is 1.11. The molecule has 0 N–H and O–H groups in total. The maximum atomic E-state index is 11.0. The highest BCUT2D eigenvalue weighted by molar-refractivity contribution is 6.74. The maximum absolute atomic E-state index is 11.0. The van der Waals surface area contributed by atoms with Crippen LogP contribution in [0, 0.1) is 0 Å². The summed E-state index contributed by atoms with van der Waals surface area (Å²) in [5.41, 5.74) is 0.0257. The molecule has 88 valence electrons. The van der Waals surface area contributed by atoms with Crippen molar-refractivity contribution < 1.29 is 14.0 Å². The number of ether oxygens (including phenoxy) is 1. The fraction of sp³-hybridized carbons (Fsp3) is 0.909. The van der Waals surface area contributed by atoms with Crippen LogP contribution in [0.1, 0.15) is 40.0 Å². The van der Waals surface area contributed by atoms with E-state index < -0.39 is 8.32 Å². The van der Waals surface area contributed by atoms with Crippen LogP contribution in [0.4, 0.5) is 0 Å². The molecular formula is C11H22O3Si. The largest absolute Gasteiger partial charge is 0.463 e. The smallest absolute Gasteiger partial charge is 0.302 e. The Morgan fingerprint density at radius 3 is 2.80 bits per heavy atom. The van der Waals surface area contributed by atoms with E-state index in [1.807, 2.05) is 0 Å². The van der Waals surface area contributed by atoms with Crippen LogP contribution in [0.3, 0.4) is 0 Å². The van der Waals surface area contributed by atoms with Gasteiger partial charge >= 0.3 is 5.97 Å². The Balaban J connectivity index is 2.67. The van der Waals surface area contributed by atoms with Gasteiger partial charge in [-0.25, -0.2) is 0 Å². The van der Waals surface area contributed by atoms with Crippen molar-refractivity contribution in [3.05, 3.63) is 0 Å². The van der Waals surface area contributed by atoms with Gasteiger partial charge in [-0.15, -0.1) is 0 Å². The Labute approximate surface area is 93.3 Å². The Hall–Kier alpha value is -0.353. The lowest BCUT2D eigenvalue weighted by Crippen LogP contribution is -2.53. The highest BCUT2D eigenvalue weighted by Crippen LogP contribution is 2.31. The summed E-state index contributed by atoms with van der Waals surface area (Å²) in [6.45, 7) is 7.85. The molecule has 0 saturated carbocycles. The van der Waals surface area contributed by atoms with E-state index in [2.05, 4.69) is 20.4 Å². The number of esters is 1. The van der Waals surface area contributed by atoms with E-state index in [0.717, 1.165) is 18.9 Å². The molecular weight excluding hydrogens is 208 g/mol. The standard InChI is InChI=1S/C11H22O3Si/c1-5-11(13-10(3)12)15(4)8-6-7-9(2)14-15/h9,11H,5-8H2,1-4H3. The SMILES string of the molecule is CCC(OC(C)=O)[Si]1(C)CCCC(C)O1. The van der Waals surface area contributed by atoms with Crippen molar-refractivity contribution in [3.63, 3.8) is 0 Å². The monoisotopic (exact) mass is 230 g/mol. The summed E-state index contributed by atoms with van der Waals surface area (Å²) in [4.78, 5) is 11.0. The fourth-order valence-electron chi connectivity index (χ4n) is 2.39. The number of carbonyl (C=O) groups excluding carboxylic acids is 1. The minimum absolute atomic E-state index is 0.0257. The summed E-state index contributed by atoms with van der Waals surface area (Å²) in [5, 5.41) is 0. The molecule has 1 aliphatic heterocycles. The summed E-state index contributed by atoms with van der Waals surface area (Å²) in [5.74, 6) is -0.183. The Bertz CT molecular complexity index is 232. The Kier molecular flexibility index (Phi) is 4.34. The second-order valence-corrected chi connectivity index (χ2v) is 8.64. The molecule has 0 aromatic rings. The molecule has 0 spiro atoms. The zero-order valence-corrected chi connectivity index (χ0v) is 11.2. The molecule has 3 nitrogen and oxygen atoms in total. The minimum atomic E-state index is -1.83. The molecule has 0 aliphatic carbocycles. The average molecular weight is 230 g/mol. The van der Waals surface area contributed by atoms with Crippen molar-refractivity contribution in [2.45, 2.75) is 64.5 Å². The predicted molar refractivity (Wildman–Crippen MR) is 62.1 cm³/mol. The summed E-state index contributed by atoms with van der Waals surface area (Å²) in [7, 11) is -1.83. The normalized spacial score (nSPS) is 33.5. The quantitative estimate of drug-likeness (QED) is 0.552. The Morgan fingerprint density at radius 1 is 1.67 bits per heavy atom. The molecule has 0 amide bonds. The predicted octanol–water partition coefficient (Wildman–Crippen LogP) is 2.64. The molecule has 1 rings (SSSR count). The van der Waals surface area contributed by atoms with Gasteiger partial charge in [0.1, 0.15) is 5.73 Å². The molecule has 0 aromatic carbocycles. The third-order valence-corrected chi connectivity index (χ3v) is 7.29. The van der Waals surface area contributed by atoms with Gasteiger partial charge in [-0.1, -0.05) is 13.3 Å². The van der Waals surface area contributed by atoms with E-state index >= 15 is 0 Å². The van der Waals surface area contributed by atoms with E-state index in [1.54, 1.807) is 0 Å². The van der Waals surface area contributed by atoms with Crippen molar-refractivity contribution in [1.82, 2.24) is 0 Å². The number of carbonyl (C=O) groups is 1. The van der Waals surface area contributed by atoms with Gasteiger partial charge in [-0.3, -0.25) is 4.79 Å². The van der Waals surface area contributed by atoms with E-state index in [4.69, 9.17) is 9.16 Å². The Morgan fingerprint density at radius 2 is 2.33 bits per heavy atom. The number of hydrogen-bond acceptors (Lipinski definition) is 3. The van der Waals surface area contributed by atoms with Gasteiger partial charge in [0, 0.05) is 13.0 Å². The maximum Gasteiger partial charge on any atom is 0.302 e. The highest BCUT2D eigenvalue weighted by Gasteiger charge is 2.43. The van der Waals surface area contributed by atoms with Crippen LogP contribution in [0.15, 0.2) is 0 Å². The van der Waals surface area contributed by atoms with E-state index in [-0.39, 0.29) is 11.7 Å². The van der Waals surface area contributed by atoms with Crippen LogP contribution in [0.5, 0.6) is 0 Å². The van der Waals surface area contributed by atoms with E-state index in [9.17, 15) is 4.79 Å². The van der Waals surface area contributed by atoms with Gasteiger partial charge in [0.05, 0.1) is 0 Å². The summed E-state index contributed by atoms with van der Waals surface area (Å²) < 4.78 is 11.5. The van der Waals surface area contributed by atoms with Crippen LogP contribution in [-0.4, -0.2) is 26.1 Å². The van der Waals surface area contributed by atoms with Gasteiger partial charge in [0.2, 0.25) is 8.32 Å². The van der Waals surface area contributed by atoms with Crippen molar-refractivity contribution in [3.8, 4) is 0 Å². The lowest BCUT2D eigenvalue weighted by molar-refractivity contribution is -0.144.